The minimum absolute atomic E-state index is 0.162. The van der Waals surface area contributed by atoms with Crippen LogP contribution >= 0.6 is 11.6 Å². The fourth-order valence-electron chi connectivity index (χ4n) is 1.51. The van der Waals surface area contributed by atoms with Crippen molar-refractivity contribution in [3.63, 3.8) is 0 Å². The summed E-state index contributed by atoms with van der Waals surface area (Å²) in [5, 5.41) is 30.3. The van der Waals surface area contributed by atoms with Crippen LogP contribution in [0.2, 0.25) is 5.02 Å². The van der Waals surface area contributed by atoms with Gasteiger partial charge in [-0.25, -0.2) is 4.79 Å². The minimum Gasteiger partial charge on any atom is -0.480 e. The second-order valence-electron chi connectivity index (χ2n) is 3.77. The zero-order valence-corrected chi connectivity index (χ0v) is 10.8. The van der Waals surface area contributed by atoms with Crippen LogP contribution in [0.5, 0.6) is 0 Å². The first-order valence-electron chi connectivity index (χ1n) is 5.46. The molecule has 0 radical (unpaired) electrons. The molecule has 9 heteroatoms. The average molecular weight is 303 g/mol. The number of nitro benzene ring substituents is 1. The summed E-state index contributed by atoms with van der Waals surface area (Å²) < 4.78 is 0. The number of carboxylic acid groups (broad SMARTS) is 1. The third kappa shape index (κ3) is 3.65. The number of halogens is 1. The van der Waals surface area contributed by atoms with Crippen molar-refractivity contribution >= 4 is 29.2 Å². The molecule has 1 aromatic carbocycles. The van der Waals surface area contributed by atoms with Gasteiger partial charge in [-0.1, -0.05) is 17.7 Å². The van der Waals surface area contributed by atoms with Crippen LogP contribution in [0.4, 0.5) is 5.69 Å². The van der Waals surface area contributed by atoms with E-state index in [0.29, 0.717) is 0 Å². The van der Waals surface area contributed by atoms with Gasteiger partial charge in [0.2, 0.25) is 0 Å². The van der Waals surface area contributed by atoms with E-state index in [4.69, 9.17) is 21.8 Å². The van der Waals surface area contributed by atoms with E-state index in [2.05, 4.69) is 5.32 Å². The van der Waals surface area contributed by atoms with Gasteiger partial charge in [0.15, 0.2) is 0 Å². The number of nitrogens with one attached hydrogen (secondary N) is 1. The molecule has 0 aliphatic carbocycles. The third-order valence-corrected chi connectivity index (χ3v) is 2.75. The molecule has 0 bridgehead atoms. The molecule has 1 rings (SSSR count). The molecule has 0 fully saturated rings. The van der Waals surface area contributed by atoms with Crippen molar-refractivity contribution in [2.45, 2.75) is 12.5 Å². The smallest absolute Gasteiger partial charge is 0.326 e. The van der Waals surface area contributed by atoms with Crippen LogP contribution in [0, 0.1) is 10.1 Å². The number of hydrogen-bond donors (Lipinski definition) is 3. The number of carboxylic acids is 1. The third-order valence-electron chi connectivity index (χ3n) is 2.44. The molecular formula is C11H11ClN2O6. The summed E-state index contributed by atoms with van der Waals surface area (Å²) in [5.74, 6) is -2.34. The Labute approximate surface area is 118 Å². The molecule has 0 spiro atoms. The van der Waals surface area contributed by atoms with E-state index in [-0.39, 0.29) is 11.4 Å². The van der Waals surface area contributed by atoms with Crippen molar-refractivity contribution in [1.82, 2.24) is 5.32 Å². The lowest BCUT2D eigenvalue weighted by atomic mass is 10.1. The maximum absolute atomic E-state index is 11.9. The highest BCUT2D eigenvalue weighted by molar-refractivity contribution is 6.34. The van der Waals surface area contributed by atoms with E-state index in [1.807, 2.05) is 0 Å². The highest BCUT2D eigenvalue weighted by Gasteiger charge is 2.27. The number of nitro groups is 1. The van der Waals surface area contributed by atoms with Crippen LogP contribution in [0.1, 0.15) is 16.8 Å². The number of amides is 1. The first kappa shape index (κ1) is 15.9. The van der Waals surface area contributed by atoms with Gasteiger partial charge in [0.1, 0.15) is 11.6 Å². The van der Waals surface area contributed by atoms with Crippen LogP contribution in [0.25, 0.3) is 0 Å². The second-order valence-corrected chi connectivity index (χ2v) is 4.17. The van der Waals surface area contributed by atoms with Crippen molar-refractivity contribution in [2.75, 3.05) is 6.61 Å². The molecule has 0 heterocycles. The van der Waals surface area contributed by atoms with E-state index >= 15 is 0 Å². The molecule has 0 aliphatic rings. The molecule has 1 amide bonds. The maximum Gasteiger partial charge on any atom is 0.326 e. The number of benzene rings is 1. The van der Waals surface area contributed by atoms with E-state index in [9.17, 15) is 19.7 Å². The van der Waals surface area contributed by atoms with Gasteiger partial charge in [-0.2, -0.15) is 0 Å². The fourth-order valence-corrected chi connectivity index (χ4v) is 1.76. The summed E-state index contributed by atoms with van der Waals surface area (Å²) in [6.07, 6.45) is -0.223. The van der Waals surface area contributed by atoms with Crippen LogP contribution in [-0.2, 0) is 4.79 Å². The average Bonchev–Trinajstić information content (AvgIpc) is 2.37. The molecule has 0 aromatic heterocycles. The highest BCUT2D eigenvalue weighted by Crippen LogP contribution is 2.26. The van der Waals surface area contributed by atoms with Gasteiger partial charge in [-0.15, -0.1) is 0 Å². The number of rotatable bonds is 6. The number of carbonyl (C=O) groups is 2. The summed E-state index contributed by atoms with van der Waals surface area (Å²) in [4.78, 5) is 32.8. The van der Waals surface area contributed by atoms with Crippen molar-refractivity contribution in [1.29, 1.82) is 0 Å². The fraction of sp³-hybridized carbons (Fsp3) is 0.273. The first-order valence-corrected chi connectivity index (χ1v) is 5.83. The molecule has 108 valence electrons. The van der Waals surface area contributed by atoms with Gasteiger partial charge in [0.25, 0.3) is 11.6 Å². The van der Waals surface area contributed by atoms with Crippen molar-refractivity contribution in [3.8, 4) is 0 Å². The van der Waals surface area contributed by atoms with E-state index in [1.54, 1.807) is 0 Å². The summed E-state index contributed by atoms with van der Waals surface area (Å²) >= 11 is 5.75. The molecular weight excluding hydrogens is 292 g/mol. The Morgan fingerprint density at radius 3 is 2.60 bits per heavy atom. The number of aliphatic carboxylic acids is 1. The lowest BCUT2D eigenvalue weighted by Gasteiger charge is -2.13. The normalized spacial score (nSPS) is 11.7. The van der Waals surface area contributed by atoms with E-state index in [0.717, 1.165) is 6.07 Å². The SMILES string of the molecule is O=C(N[C@@H](CCO)C(=O)O)c1c(Cl)cccc1[N+](=O)[O-]. The molecule has 8 nitrogen and oxygen atoms in total. The summed E-state index contributed by atoms with van der Waals surface area (Å²) in [6.45, 7) is -0.456. The Hall–Kier alpha value is -2.19. The summed E-state index contributed by atoms with van der Waals surface area (Å²) in [6, 6.07) is 2.32. The number of aliphatic hydroxyl groups excluding tert-OH is 1. The molecule has 20 heavy (non-hydrogen) atoms. The van der Waals surface area contributed by atoms with Crippen molar-refractivity contribution in [2.24, 2.45) is 0 Å². The molecule has 1 atom stereocenters. The summed E-state index contributed by atoms with van der Waals surface area (Å²) in [7, 11) is 0. The van der Waals surface area contributed by atoms with Crippen molar-refractivity contribution < 1.29 is 24.7 Å². The molecule has 1 aromatic rings. The Kier molecular flexibility index (Phi) is 5.42. The maximum atomic E-state index is 11.9. The molecule has 0 saturated heterocycles. The van der Waals surface area contributed by atoms with Crippen LogP contribution in [0.15, 0.2) is 18.2 Å². The number of hydrogen-bond acceptors (Lipinski definition) is 5. The Bertz CT molecular complexity index is 548. The largest absolute Gasteiger partial charge is 0.480 e. The Balaban J connectivity index is 3.09. The van der Waals surface area contributed by atoms with Crippen LogP contribution in [0.3, 0.4) is 0 Å². The van der Waals surface area contributed by atoms with Crippen molar-refractivity contribution in [3.05, 3.63) is 38.9 Å². The summed E-state index contributed by atoms with van der Waals surface area (Å²) in [5.41, 5.74) is -0.938. The Morgan fingerprint density at radius 1 is 1.45 bits per heavy atom. The zero-order chi connectivity index (χ0) is 15.3. The lowest BCUT2D eigenvalue weighted by molar-refractivity contribution is -0.385. The van der Waals surface area contributed by atoms with Gasteiger partial charge >= 0.3 is 5.97 Å². The molecule has 0 aliphatic heterocycles. The van der Waals surface area contributed by atoms with Gasteiger partial charge in [-0.05, 0) is 6.07 Å². The van der Waals surface area contributed by atoms with Crippen LogP contribution < -0.4 is 5.32 Å². The topological polar surface area (TPSA) is 130 Å². The number of aliphatic hydroxyl groups is 1. The standard InChI is InChI=1S/C11H11ClN2O6/c12-6-2-1-3-8(14(19)20)9(6)10(16)13-7(4-5-15)11(17)18/h1-3,7,15H,4-5H2,(H,13,16)(H,17,18)/t7-/m0/s1. The quantitative estimate of drug-likeness (QED) is 0.526. The van der Waals surface area contributed by atoms with Gasteiger partial charge in [0, 0.05) is 19.1 Å². The molecule has 0 unspecified atom stereocenters. The number of nitrogens with zero attached hydrogens (tertiary/aromatic N) is 1. The monoisotopic (exact) mass is 302 g/mol. The van der Waals surface area contributed by atoms with Gasteiger partial charge in [-0.3, -0.25) is 14.9 Å². The van der Waals surface area contributed by atoms with Gasteiger partial charge < -0.3 is 15.5 Å². The first-order chi connectivity index (χ1) is 9.38. The molecule has 0 saturated carbocycles. The minimum atomic E-state index is -1.36. The second kappa shape index (κ2) is 6.83. The molecule has 3 N–H and O–H groups in total. The lowest BCUT2D eigenvalue weighted by Crippen LogP contribution is -2.41. The zero-order valence-electron chi connectivity index (χ0n) is 10.1. The predicted octanol–water partition coefficient (Wildman–Crippen LogP) is 0.814. The number of carbonyl (C=O) groups excluding carboxylic acids is 1. The van der Waals surface area contributed by atoms with E-state index < -0.39 is 40.7 Å². The highest BCUT2D eigenvalue weighted by atomic mass is 35.5. The predicted molar refractivity (Wildman–Crippen MR) is 68.7 cm³/mol. The van der Waals surface area contributed by atoms with E-state index in [1.165, 1.54) is 12.1 Å². The van der Waals surface area contributed by atoms with Gasteiger partial charge in [0.05, 0.1) is 9.95 Å². The Morgan fingerprint density at radius 2 is 2.10 bits per heavy atom. The van der Waals surface area contributed by atoms with Crippen LogP contribution in [-0.4, -0.2) is 39.7 Å².